The molecule has 178 valence electrons. The lowest BCUT2D eigenvalue weighted by molar-refractivity contribution is -0.149. The van der Waals surface area contributed by atoms with Crippen molar-refractivity contribution in [2.75, 3.05) is 31.6 Å². The number of thiazole rings is 1. The number of rotatable bonds is 9. The molecular formula is C22H27N3O6S2. The number of hydrogen-bond donors (Lipinski definition) is 1. The molecule has 2 heterocycles. The number of carbonyl (C=O) groups is 3. The SMILES string of the molecule is CCOC(=O)C1CCN(S(=O)(=O)c2cccc(C(=O)CNc3nc(C)c(C(C)=O)s3)c2)CC1. The van der Waals surface area contributed by atoms with Gasteiger partial charge in [-0.05, 0) is 38.8 Å². The maximum Gasteiger partial charge on any atom is 0.309 e. The number of nitrogens with one attached hydrogen (secondary N) is 1. The number of benzene rings is 1. The van der Waals surface area contributed by atoms with Crippen molar-refractivity contribution < 1.29 is 27.5 Å². The molecule has 0 bridgehead atoms. The van der Waals surface area contributed by atoms with Crippen molar-refractivity contribution in [1.29, 1.82) is 0 Å². The average Bonchev–Trinajstić information content (AvgIpc) is 3.18. The molecule has 1 aliphatic rings. The number of ketones is 2. The molecule has 0 aliphatic carbocycles. The summed E-state index contributed by atoms with van der Waals surface area (Å²) in [4.78, 5) is 41.0. The number of carbonyl (C=O) groups excluding carboxylic acids is 3. The molecule has 2 aromatic rings. The number of nitrogens with zero attached hydrogens (tertiary/aromatic N) is 2. The van der Waals surface area contributed by atoms with E-state index in [0.29, 0.717) is 35.2 Å². The molecule has 1 fully saturated rings. The Morgan fingerprint density at radius 3 is 2.55 bits per heavy atom. The van der Waals surface area contributed by atoms with Crippen molar-refractivity contribution in [2.45, 2.75) is 38.5 Å². The van der Waals surface area contributed by atoms with Crippen LogP contribution in [0.1, 0.15) is 52.4 Å². The first-order chi connectivity index (χ1) is 15.6. The predicted molar refractivity (Wildman–Crippen MR) is 124 cm³/mol. The molecule has 0 radical (unpaired) electrons. The van der Waals surface area contributed by atoms with E-state index in [4.69, 9.17) is 4.74 Å². The minimum Gasteiger partial charge on any atom is -0.466 e. The summed E-state index contributed by atoms with van der Waals surface area (Å²) in [6.07, 6.45) is 0.798. The van der Waals surface area contributed by atoms with E-state index in [-0.39, 0.29) is 53.5 Å². The number of anilines is 1. The second-order valence-electron chi connectivity index (χ2n) is 7.72. The van der Waals surface area contributed by atoms with Gasteiger partial charge in [0.2, 0.25) is 10.0 Å². The van der Waals surface area contributed by atoms with E-state index in [1.807, 2.05) is 0 Å². The van der Waals surface area contributed by atoms with Gasteiger partial charge < -0.3 is 10.1 Å². The smallest absolute Gasteiger partial charge is 0.309 e. The lowest BCUT2D eigenvalue weighted by atomic mass is 9.98. The van der Waals surface area contributed by atoms with Crippen LogP contribution in [-0.4, -0.2) is 61.5 Å². The highest BCUT2D eigenvalue weighted by molar-refractivity contribution is 7.89. The maximum absolute atomic E-state index is 13.1. The monoisotopic (exact) mass is 493 g/mol. The summed E-state index contributed by atoms with van der Waals surface area (Å²) >= 11 is 1.18. The summed E-state index contributed by atoms with van der Waals surface area (Å²) in [6.45, 7) is 5.57. The summed E-state index contributed by atoms with van der Waals surface area (Å²) in [6, 6.07) is 5.92. The van der Waals surface area contributed by atoms with Gasteiger partial charge in [-0.3, -0.25) is 14.4 Å². The van der Waals surface area contributed by atoms with Crippen molar-refractivity contribution in [3.05, 3.63) is 40.4 Å². The van der Waals surface area contributed by atoms with Gasteiger partial charge in [-0.2, -0.15) is 4.31 Å². The molecule has 0 spiro atoms. The molecule has 1 aliphatic heterocycles. The molecule has 0 amide bonds. The van der Waals surface area contributed by atoms with E-state index >= 15 is 0 Å². The minimum absolute atomic E-state index is 0.0342. The number of sulfonamides is 1. The summed E-state index contributed by atoms with van der Waals surface area (Å²) in [5.74, 6) is -0.979. The third-order valence-corrected chi connectivity index (χ3v) is 8.49. The summed E-state index contributed by atoms with van der Waals surface area (Å²) < 4.78 is 32.6. The zero-order valence-corrected chi connectivity index (χ0v) is 20.4. The predicted octanol–water partition coefficient (Wildman–Crippen LogP) is 2.91. The lowest BCUT2D eigenvalue weighted by Crippen LogP contribution is -2.40. The average molecular weight is 494 g/mol. The van der Waals surface area contributed by atoms with Gasteiger partial charge in [0.05, 0.1) is 34.5 Å². The third-order valence-electron chi connectivity index (χ3n) is 5.38. The molecule has 1 aromatic carbocycles. The molecule has 3 rings (SSSR count). The van der Waals surface area contributed by atoms with Crippen molar-refractivity contribution in [3.63, 3.8) is 0 Å². The van der Waals surface area contributed by atoms with Crippen LogP contribution >= 0.6 is 11.3 Å². The van der Waals surface area contributed by atoms with Crippen molar-refractivity contribution >= 4 is 44.0 Å². The number of esters is 1. The first-order valence-corrected chi connectivity index (χ1v) is 12.9. The van der Waals surface area contributed by atoms with E-state index in [0.717, 1.165) is 0 Å². The van der Waals surface area contributed by atoms with Crippen molar-refractivity contribution in [2.24, 2.45) is 5.92 Å². The van der Waals surface area contributed by atoms with Gasteiger partial charge in [0.15, 0.2) is 16.7 Å². The fourth-order valence-electron chi connectivity index (χ4n) is 3.63. The third kappa shape index (κ3) is 5.84. The maximum atomic E-state index is 13.1. The Morgan fingerprint density at radius 2 is 1.94 bits per heavy atom. The fourth-order valence-corrected chi connectivity index (χ4v) is 6.00. The Labute approximate surface area is 197 Å². The largest absolute Gasteiger partial charge is 0.466 e. The molecule has 1 aromatic heterocycles. The van der Waals surface area contributed by atoms with Crippen molar-refractivity contribution in [3.8, 4) is 0 Å². The Bertz CT molecular complexity index is 1150. The zero-order valence-electron chi connectivity index (χ0n) is 18.8. The van der Waals surface area contributed by atoms with Crippen LogP contribution in [0.2, 0.25) is 0 Å². The summed E-state index contributed by atoms with van der Waals surface area (Å²) in [7, 11) is -3.80. The Kier molecular flexibility index (Phi) is 7.98. The summed E-state index contributed by atoms with van der Waals surface area (Å²) in [5.41, 5.74) is 0.854. The molecule has 1 saturated heterocycles. The van der Waals surface area contributed by atoms with Gasteiger partial charge >= 0.3 is 5.97 Å². The fraction of sp³-hybridized carbons (Fsp3) is 0.455. The van der Waals surface area contributed by atoms with Gasteiger partial charge in [0, 0.05) is 25.6 Å². The molecule has 1 N–H and O–H groups in total. The van der Waals surface area contributed by atoms with Gasteiger partial charge in [0.1, 0.15) is 0 Å². The Morgan fingerprint density at radius 1 is 1.24 bits per heavy atom. The number of aryl methyl sites for hydroxylation is 1. The van der Waals surface area contributed by atoms with E-state index in [1.165, 1.54) is 40.8 Å². The second-order valence-corrected chi connectivity index (χ2v) is 10.7. The molecule has 0 unspecified atom stereocenters. The summed E-state index contributed by atoms with van der Waals surface area (Å²) in [5, 5.41) is 3.37. The van der Waals surface area contributed by atoms with Crippen LogP contribution in [0.4, 0.5) is 5.13 Å². The van der Waals surface area contributed by atoms with E-state index in [2.05, 4.69) is 10.3 Å². The van der Waals surface area contributed by atoms with E-state index in [1.54, 1.807) is 19.9 Å². The lowest BCUT2D eigenvalue weighted by Gasteiger charge is -2.30. The van der Waals surface area contributed by atoms with E-state index < -0.39 is 10.0 Å². The first-order valence-electron chi connectivity index (χ1n) is 10.7. The molecule has 9 nitrogen and oxygen atoms in total. The zero-order chi connectivity index (χ0) is 24.2. The topological polar surface area (TPSA) is 123 Å². The number of aromatic nitrogens is 1. The van der Waals surface area contributed by atoms with Gasteiger partial charge in [-0.25, -0.2) is 13.4 Å². The van der Waals surface area contributed by atoms with Crippen LogP contribution in [0, 0.1) is 12.8 Å². The number of piperidine rings is 1. The van der Waals surface area contributed by atoms with E-state index in [9.17, 15) is 22.8 Å². The van der Waals surface area contributed by atoms with Crippen LogP contribution in [0.25, 0.3) is 0 Å². The Balaban J connectivity index is 1.66. The second kappa shape index (κ2) is 10.5. The highest BCUT2D eigenvalue weighted by Gasteiger charge is 2.33. The molecule has 0 saturated carbocycles. The number of Topliss-reactive ketones (excluding diaryl/α,β-unsaturated/α-hetero) is 2. The molecular weight excluding hydrogens is 466 g/mol. The Hall–Kier alpha value is -2.63. The minimum atomic E-state index is -3.80. The van der Waals surface area contributed by atoms with Gasteiger partial charge in [-0.15, -0.1) is 0 Å². The molecule has 11 heteroatoms. The van der Waals surface area contributed by atoms with Crippen LogP contribution in [0.3, 0.4) is 0 Å². The highest BCUT2D eigenvalue weighted by atomic mass is 32.2. The van der Waals surface area contributed by atoms with Crippen LogP contribution in [-0.2, 0) is 19.6 Å². The molecule has 0 atom stereocenters. The van der Waals surface area contributed by atoms with Crippen LogP contribution < -0.4 is 5.32 Å². The number of hydrogen-bond acceptors (Lipinski definition) is 9. The normalized spacial score (nSPS) is 15.2. The highest BCUT2D eigenvalue weighted by Crippen LogP contribution is 2.26. The first kappa shape index (κ1) is 25.0. The molecule has 33 heavy (non-hydrogen) atoms. The van der Waals surface area contributed by atoms with Crippen LogP contribution in [0.5, 0.6) is 0 Å². The van der Waals surface area contributed by atoms with Crippen LogP contribution in [0.15, 0.2) is 29.2 Å². The van der Waals surface area contributed by atoms with Gasteiger partial charge in [0.25, 0.3) is 0 Å². The van der Waals surface area contributed by atoms with Crippen molar-refractivity contribution in [1.82, 2.24) is 9.29 Å². The van der Waals surface area contributed by atoms with Gasteiger partial charge in [-0.1, -0.05) is 23.5 Å². The standard InChI is InChI=1S/C22H27N3O6S2/c1-4-31-21(28)16-8-10-25(11-9-16)33(29,30)18-7-5-6-17(12-18)19(27)13-23-22-24-14(2)20(32-22)15(3)26/h5-7,12,16H,4,8-11,13H2,1-3H3,(H,23,24). The quantitative estimate of drug-likeness (QED) is 0.418. The number of ether oxygens (including phenoxy) is 1.